The summed E-state index contributed by atoms with van der Waals surface area (Å²) in [6, 6.07) is 0. The first-order valence-corrected chi connectivity index (χ1v) is 1.94. The van der Waals surface area contributed by atoms with E-state index in [0.717, 1.165) is 0 Å². The smallest absolute Gasteiger partial charge is 0.332 e. The lowest BCUT2D eigenvalue weighted by Crippen LogP contribution is -2.17. The van der Waals surface area contributed by atoms with Crippen molar-refractivity contribution in [2.45, 2.75) is 13.0 Å². The van der Waals surface area contributed by atoms with Crippen molar-refractivity contribution in [1.29, 1.82) is 0 Å². The van der Waals surface area contributed by atoms with Gasteiger partial charge in [-0.2, -0.15) is 0 Å². The Morgan fingerprint density at radius 2 is 2.12 bits per heavy atom. The Balaban J connectivity index is 0. The summed E-state index contributed by atoms with van der Waals surface area (Å²) in [5.74, 6) is -0.928. The number of hydrogen-bond donors (Lipinski definition) is 1. The predicted molar refractivity (Wildman–Crippen MR) is 31.4 cm³/mol. The minimum absolute atomic E-state index is 0. The molecule has 0 heterocycles. The number of carbonyl (C=O) groups is 1. The summed E-state index contributed by atoms with van der Waals surface area (Å²) in [5.41, 5.74) is 0. The molecule has 0 aromatic rings. The topological polar surface area (TPSA) is 46.5 Å². The molecule has 0 aliphatic carbocycles. The third-order valence-corrected chi connectivity index (χ3v) is 0.701. The minimum Gasteiger partial charge on any atom is -0.479 e. The molecule has 0 radical (unpaired) electrons. The van der Waals surface area contributed by atoms with E-state index >= 15 is 0 Å². The van der Waals surface area contributed by atoms with Gasteiger partial charge in [-0.25, -0.2) is 4.79 Å². The van der Waals surface area contributed by atoms with Gasteiger partial charge in [0.15, 0.2) is 6.10 Å². The maximum atomic E-state index is 9.81. The van der Waals surface area contributed by atoms with Crippen LogP contribution in [0.15, 0.2) is 0 Å². The highest BCUT2D eigenvalue weighted by Crippen LogP contribution is 1.83. The van der Waals surface area contributed by atoms with Gasteiger partial charge in [-0.05, 0) is 6.92 Å². The second-order valence-electron chi connectivity index (χ2n) is 1.22. The van der Waals surface area contributed by atoms with Gasteiger partial charge < -0.3 is 9.84 Å². The van der Waals surface area contributed by atoms with Gasteiger partial charge >= 0.3 is 5.97 Å². The molecule has 0 saturated heterocycles. The van der Waals surface area contributed by atoms with Gasteiger partial charge in [0.1, 0.15) is 0 Å². The molecular weight excluding hydrogens is 131 g/mol. The van der Waals surface area contributed by atoms with Crippen LogP contribution in [0, 0.1) is 0 Å². The Kier molecular flexibility index (Phi) is 6.48. The van der Waals surface area contributed by atoms with E-state index in [1.165, 1.54) is 14.0 Å². The van der Waals surface area contributed by atoms with Crippen molar-refractivity contribution in [2.75, 3.05) is 7.11 Å². The van der Waals surface area contributed by atoms with Gasteiger partial charge in [0.25, 0.3) is 0 Å². The Hall–Kier alpha value is -0.280. The van der Waals surface area contributed by atoms with Crippen LogP contribution in [0.1, 0.15) is 6.92 Å². The summed E-state index contributed by atoms with van der Waals surface area (Å²) in [6.45, 7) is 1.47. The molecule has 1 unspecified atom stereocenters. The molecule has 0 amide bonds. The van der Waals surface area contributed by atoms with E-state index in [0.29, 0.717) is 0 Å². The summed E-state index contributed by atoms with van der Waals surface area (Å²) in [7, 11) is 1.36. The molecule has 0 aromatic carbocycles. The highest BCUT2D eigenvalue weighted by Gasteiger charge is 2.06. The summed E-state index contributed by atoms with van der Waals surface area (Å²) in [6.07, 6.45) is -0.681. The standard InChI is InChI=1S/C4H8O3.ClH/c1-3(7-2)4(5)6;/h3H,1-2H3,(H,5,6);1H. The highest BCUT2D eigenvalue weighted by atomic mass is 35.5. The van der Waals surface area contributed by atoms with Crippen LogP contribution in [-0.2, 0) is 9.53 Å². The van der Waals surface area contributed by atoms with E-state index in [4.69, 9.17) is 5.11 Å². The molecule has 0 aliphatic rings. The van der Waals surface area contributed by atoms with Gasteiger partial charge in [0.05, 0.1) is 0 Å². The number of ether oxygens (including phenoxy) is 1. The number of methoxy groups -OCH3 is 1. The van der Waals surface area contributed by atoms with Crippen LogP contribution in [0.5, 0.6) is 0 Å². The second-order valence-corrected chi connectivity index (χ2v) is 1.22. The third-order valence-electron chi connectivity index (χ3n) is 0.701. The molecule has 0 rings (SSSR count). The molecule has 1 N–H and O–H groups in total. The van der Waals surface area contributed by atoms with Crippen LogP contribution >= 0.6 is 12.4 Å². The van der Waals surface area contributed by atoms with Crippen LogP contribution in [0.25, 0.3) is 0 Å². The number of carboxylic acid groups (broad SMARTS) is 1. The van der Waals surface area contributed by atoms with E-state index in [-0.39, 0.29) is 12.4 Å². The average molecular weight is 141 g/mol. The highest BCUT2D eigenvalue weighted by molar-refractivity contribution is 5.85. The molecule has 0 aromatic heterocycles. The SMILES string of the molecule is COC(C)C(=O)O.Cl. The lowest BCUT2D eigenvalue weighted by molar-refractivity contribution is -0.147. The lowest BCUT2D eigenvalue weighted by atomic mass is 10.4. The maximum Gasteiger partial charge on any atom is 0.332 e. The largest absolute Gasteiger partial charge is 0.479 e. The van der Waals surface area contributed by atoms with E-state index in [1.807, 2.05) is 0 Å². The fourth-order valence-corrected chi connectivity index (χ4v) is 0.101. The van der Waals surface area contributed by atoms with Crippen molar-refractivity contribution in [3.63, 3.8) is 0 Å². The molecule has 0 spiro atoms. The van der Waals surface area contributed by atoms with Crippen LogP contribution < -0.4 is 0 Å². The molecule has 0 saturated carbocycles. The quantitative estimate of drug-likeness (QED) is 0.609. The van der Waals surface area contributed by atoms with Crippen LogP contribution in [0.3, 0.4) is 0 Å². The van der Waals surface area contributed by atoms with Crippen LogP contribution in [0.2, 0.25) is 0 Å². The average Bonchev–Trinajstić information content (AvgIpc) is 1.65. The number of halogens is 1. The molecule has 4 heteroatoms. The van der Waals surface area contributed by atoms with Gasteiger partial charge in [-0.15, -0.1) is 12.4 Å². The molecule has 0 aliphatic heterocycles. The molecule has 8 heavy (non-hydrogen) atoms. The van der Waals surface area contributed by atoms with Gasteiger partial charge in [0, 0.05) is 7.11 Å². The number of hydrogen-bond acceptors (Lipinski definition) is 2. The van der Waals surface area contributed by atoms with Crippen molar-refractivity contribution in [3.8, 4) is 0 Å². The number of carboxylic acids is 1. The fraction of sp³-hybridized carbons (Fsp3) is 0.750. The molecule has 1 atom stereocenters. The molecule has 0 bridgehead atoms. The number of aliphatic carboxylic acids is 1. The van der Waals surface area contributed by atoms with Gasteiger partial charge in [-0.1, -0.05) is 0 Å². The summed E-state index contributed by atoms with van der Waals surface area (Å²) in [4.78, 5) is 9.81. The summed E-state index contributed by atoms with van der Waals surface area (Å²) < 4.78 is 4.41. The van der Waals surface area contributed by atoms with E-state index in [2.05, 4.69) is 4.74 Å². The Labute approximate surface area is 54.1 Å². The summed E-state index contributed by atoms with van der Waals surface area (Å²) in [5, 5.41) is 8.06. The molecule has 3 nitrogen and oxygen atoms in total. The molecule has 0 fully saturated rings. The Morgan fingerprint density at radius 1 is 1.75 bits per heavy atom. The normalized spacial score (nSPS) is 11.8. The molecule has 50 valence electrons. The maximum absolute atomic E-state index is 9.81. The van der Waals surface area contributed by atoms with Crippen molar-refractivity contribution in [3.05, 3.63) is 0 Å². The van der Waals surface area contributed by atoms with Crippen LogP contribution in [-0.4, -0.2) is 24.3 Å². The minimum atomic E-state index is -0.928. The predicted octanol–water partition coefficient (Wildman–Crippen LogP) is 0.528. The zero-order valence-electron chi connectivity index (χ0n) is 4.75. The number of rotatable bonds is 2. The fourth-order valence-electron chi connectivity index (χ4n) is 0.101. The first-order valence-electron chi connectivity index (χ1n) is 1.94. The Bertz CT molecular complexity index is 73.7. The summed E-state index contributed by atoms with van der Waals surface area (Å²) >= 11 is 0. The van der Waals surface area contributed by atoms with Crippen molar-refractivity contribution < 1.29 is 14.6 Å². The second kappa shape index (κ2) is 4.87. The van der Waals surface area contributed by atoms with E-state index < -0.39 is 12.1 Å². The van der Waals surface area contributed by atoms with E-state index in [1.54, 1.807) is 0 Å². The zero-order chi connectivity index (χ0) is 5.86. The third kappa shape index (κ3) is 3.89. The van der Waals surface area contributed by atoms with Crippen molar-refractivity contribution in [1.82, 2.24) is 0 Å². The zero-order valence-corrected chi connectivity index (χ0v) is 5.57. The lowest BCUT2D eigenvalue weighted by Gasteiger charge is -1.98. The van der Waals surface area contributed by atoms with E-state index in [9.17, 15) is 4.79 Å². The van der Waals surface area contributed by atoms with Crippen LogP contribution in [0.4, 0.5) is 0 Å². The monoisotopic (exact) mass is 140 g/mol. The van der Waals surface area contributed by atoms with Gasteiger partial charge in [0.2, 0.25) is 0 Å². The first kappa shape index (κ1) is 10.7. The van der Waals surface area contributed by atoms with Crippen molar-refractivity contribution in [2.24, 2.45) is 0 Å². The Morgan fingerprint density at radius 3 is 2.12 bits per heavy atom. The first-order chi connectivity index (χ1) is 3.18. The molecular formula is C4H9ClO3. The van der Waals surface area contributed by atoms with Gasteiger partial charge in [-0.3, -0.25) is 0 Å². The van der Waals surface area contributed by atoms with Crippen molar-refractivity contribution >= 4 is 18.4 Å².